The zero-order valence-corrected chi connectivity index (χ0v) is 9.42. The molecule has 0 aliphatic heterocycles. The van der Waals surface area contributed by atoms with Gasteiger partial charge >= 0.3 is 0 Å². The lowest BCUT2D eigenvalue weighted by molar-refractivity contribution is 0.0996. The number of halogens is 1. The summed E-state index contributed by atoms with van der Waals surface area (Å²) in [4.78, 5) is 12.3. The van der Waals surface area contributed by atoms with Crippen LogP contribution in [0.5, 0.6) is 0 Å². The fourth-order valence-electron chi connectivity index (χ4n) is 1.38. The van der Waals surface area contributed by atoms with Gasteiger partial charge in [0.2, 0.25) is 0 Å². The number of rotatable bonds is 3. The van der Waals surface area contributed by atoms with Crippen molar-refractivity contribution in [3.05, 3.63) is 46.2 Å². The molecule has 1 aromatic heterocycles. The highest BCUT2D eigenvalue weighted by Gasteiger charge is 2.11. The van der Waals surface area contributed by atoms with E-state index in [1.165, 1.54) is 18.3 Å². The Morgan fingerprint density at radius 3 is 3.00 bits per heavy atom. The fraction of sp³-hybridized carbons (Fsp3) is 0.182. The summed E-state index contributed by atoms with van der Waals surface area (Å²) in [5.41, 5.74) is 1.62. The third-order valence-electron chi connectivity index (χ3n) is 2.30. The average Bonchev–Trinajstić information content (AvgIpc) is 2.76. The smallest absolute Gasteiger partial charge is 0.180 e. The van der Waals surface area contributed by atoms with Gasteiger partial charge in [-0.15, -0.1) is 5.10 Å². The molecule has 0 aliphatic rings. The lowest BCUT2D eigenvalue weighted by Crippen LogP contribution is -2.03. The number of ketones is 1. The largest absolute Gasteiger partial charge is 0.293 e. The van der Waals surface area contributed by atoms with Crippen LogP contribution in [-0.2, 0) is 6.42 Å². The molecule has 3 nitrogen and oxygen atoms in total. The fourth-order valence-corrected chi connectivity index (χ4v) is 1.83. The molecule has 2 rings (SSSR count). The maximum atomic E-state index is 13.0. The molecule has 0 saturated carbocycles. The van der Waals surface area contributed by atoms with E-state index in [1.54, 1.807) is 6.07 Å². The number of Topliss-reactive ketones (excluding diaryl/α,β-unsaturated/α-hetero) is 1. The third kappa shape index (κ3) is 2.30. The van der Waals surface area contributed by atoms with Crippen LogP contribution >= 0.6 is 11.5 Å². The van der Waals surface area contributed by atoms with Crippen molar-refractivity contribution in [1.29, 1.82) is 0 Å². The van der Waals surface area contributed by atoms with Crippen molar-refractivity contribution in [2.75, 3.05) is 0 Å². The molecule has 0 amide bonds. The Morgan fingerprint density at radius 2 is 2.31 bits per heavy atom. The molecule has 0 fully saturated rings. The number of aromatic nitrogens is 2. The Balaban J connectivity index is 2.21. The average molecular weight is 236 g/mol. The first-order chi connectivity index (χ1) is 7.66. The number of carbonyl (C=O) groups excluding carboxylic acids is 1. The van der Waals surface area contributed by atoms with E-state index < -0.39 is 0 Å². The molecule has 0 aliphatic carbocycles. The number of hydrogen-bond acceptors (Lipinski definition) is 4. The van der Waals surface area contributed by atoms with Gasteiger partial charge in [0, 0.05) is 6.42 Å². The first kappa shape index (κ1) is 10.9. The van der Waals surface area contributed by atoms with Crippen LogP contribution in [0.15, 0.2) is 24.4 Å². The maximum Gasteiger partial charge on any atom is 0.180 e. The van der Waals surface area contributed by atoms with E-state index in [2.05, 4.69) is 9.59 Å². The maximum absolute atomic E-state index is 13.0. The van der Waals surface area contributed by atoms with Gasteiger partial charge in [-0.2, -0.15) is 0 Å². The second kappa shape index (κ2) is 4.49. The molecule has 0 spiro atoms. The van der Waals surface area contributed by atoms with Gasteiger partial charge < -0.3 is 0 Å². The SMILES string of the molecule is Cc1ccc(F)cc1CC(=O)c1cnns1. The molecule has 0 bridgehead atoms. The van der Waals surface area contributed by atoms with E-state index in [4.69, 9.17) is 0 Å². The van der Waals surface area contributed by atoms with Gasteiger partial charge in [0.1, 0.15) is 10.7 Å². The van der Waals surface area contributed by atoms with Crippen molar-refractivity contribution in [2.24, 2.45) is 0 Å². The Labute approximate surface area is 96.1 Å². The normalized spacial score (nSPS) is 10.4. The van der Waals surface area contributed by atoms with Crippen LogP contribution in [0.2, 0.25) is 0 Å². The van der Waals surface area contributed by atoms with E-state index in [9.17, 15) is 9.18 Å². The van der Waals surface area contributed by atoms with E-state index in [0.717, 1.165) is 17.1 Å². The van der Waals surface area contributed by atoms with Crippen LogP contribution in [-0.4, -0.2) is 15.4 Å². The zero-order chi connectivity index (χ0) is 11.5. The van der Waals surface area contributed by atoms with Crippen molar-refractivity contribution in [2.45, 2.75) is 13.3 Å². The molecular weight excluding hydrogens is 227 g/mol. The molecule has 16 heavy (non-hydrogen) atoms. The monoisotopic (exact) mass is 236 g/mol. The Bertz CT molecular complexity index is 511. The summed E-state index contributed by atoms with van der Waals surface area (Å²) in [6, 6.07) is 4.45. The number of benzene rings is 1. The molecule has 1 heterocycles. The van der Waals surface area contributed by atoms with Crippen LogP contribution in [0, 0.1) is 12.7 Å². The lowest BCUT2D eigenvalue weighted by atomic mass is 10.0. The Kier molecular flexibility index (Phi) is 3.05. The predicted octanol–water partition coefficient (Wildman–Crippen LogP) is 2.41. The molecule has 0 atom stereocenters. The van der Waals surface area contributed by atoms with E-state index in [-0.39, 0.29) is 18.0 Å². The minimum absolute atomic E-state index is 0.0799. The topological polar surface area (TPSA) is 42.9 Å². The minimum atomic E-state index is -0.323. The molecule has 0 saturated heterocycles. The molecule has 0 unspecified atom stereocenters. The van der Waals surface area contributed by atoms with Gasteiger partial charge in [0.25, 0.3) is 0 Å². The van der Waals surface area contributed by atoms with Crippen molar-refractivity contribution in [3.63, 3.8) is 0 Å². The third-order valence-corrected chi connectivity index (χ3v) is 3.00. The quantitative estimate of drug-likeness (QED) is 0.768. The number of carbonyl (C=O) groups is 1. The summed E-state index contributed by atoms with van der Waals surface area (Å²) >= 11 is 1.06. The summed E-state index contributed by atoms with van der Waals surface area (Å²) < 4.78 is 16.6. The second-order valence-electron chi connectivity index (χ2n) is 3.45. The molecule has 82 valence electrons. The van der Waals surface area contributed by atoms with E-state index >= 15 is 0 Å². The summed E-state index contributed by atoms with van der Waals surface area (Å²) in [5.74, 6) is -0.403. The van der Waals surface area contributed by atoms with Crippen molar-refractivity contribution < 1.29 is 9.18 Å². The molecular formula is C11H9FN2OS. The molecule has 5 heteroatoms. The van der Waals surface area contributed by atoms with Gasteiger partial charge in [-0.3, -0.25) is 4.79 Å². The van der Waals surface area contributed by atoms with Gasteiger partial charge in [-0.1, -0.05) is 10.6 Å². The van der Waals surface area contributed by atoms with Gasteiger partial charge in [0.05, 0.1) is 6.20 Å². The van der Waals surface area contributed by atoms with E-state index in [1.807, 2.05) is 6.92 Å². The molecule has 2 aromatic rings. The highest BCUT2D eigenvalue weighted by Crippen LogP contribution is 2.14. The summed E-state index contributed by atoms with van der Waals surface area (Å²) in [5, 5.41) is 3.60. The molecule has 1 aromatic carbocycles. The number of aryl methyl sites for hydroxylation is 1. The first-order valence-electron chi connectivity index (χ1n) is 4.72. The van der Waals surface area contributed by atoms with Crippen LogP contribution < -0.4 is 0 Å². The Morgan fingerprint density at radius 1 is 1.50 bits per heavy atom. The van der Waals surface area contributed by atoms with E-state index in [0.29, 0.717) is 10.4 Å². The highest BCUT2D eigenvalue weighted by molar-refractivity contribution is 7.07. The minimum Gasteiger partial charge on any atom is -0.293 e. The highest BCUT2D eigenvalue weighted by atomic mass is 32.1. The molecule has 0 N–H and O–H groups in total. The van der Waals surface area contributed by atoms with Crippen LogP contribution in [0.1, 0.15) is 20.8 Å². The molecule has 0 radical (unpaired) electrons. The van der Waals surface area contributed by atoms with Gasteiger partial charge in [-0.25, -0.2) is 4.39 Å². The van der Waals surface area contributed by atoms with Crippen LogP contribution in [0.3, 0.4) is 0 Å². The number of nitrogens with zero attached hydrogens (tertiary/aromatic N) is 2. The summed E-state index contributed by atoms with van der Waals surface area (Å²) in [6.07, 6.45) is 1.62. The van der Waals surface area contributed by atoms with Crippen LogP contribution in [0.25, 0.3) is 0 Å². The van der Waals surface area contributed by atoms with Crippen molar-refractivity contribution in [1.82, 2.24) is 9.59 Å². The van der Waals surface area contributed by atoms with Crippen LogP contribution in [0.4, 0.5) is 4.39 Å². The second-order valence-corrected chi connectivity index (χ2v) is 4.24. The van der Waals surface area contributed by atoms with Crippen molar-refractivity contribution >= 4 is 17.3 Å². The summed E-state index contributed by atoms with van der Waals surface area (Å²) in [6.45, 7) is 1.85. The lowest BCUT2D eigenvalue weighted by Gasteiger charge is -2.03. The summed E-state index contributed by atoms with van der Waals surface area (Å²) in [7, 11) is 0. The van der Waals surface area contributed by atoms with Gasteiger partial charge in [0.15, 0.2) is 5.78 Å². The first-order valence-corrected chi connectivity index (χ1v) is 5.50. The van der Waals surface area contributed by atoms with Crippen molar-refractivity contribution in [3.8, 4) is 0 Å². The standard InChI is InChI=1S/C11H9FN2OS/c1-7-2-3-9(12)4-8(7)5-10(15)11-6-13-14-16-11/h2-4,6H,5H2,1H3. The van der Waals surface area contributed by atoms with Gasteiger partial charge in [-0.05, 0) is 41.7 Å². The Hall–Kier alpha value is -1.62. The zero-order valence-electron chi connectivity index (χ0n) is 8.61. The predicted molar refractivity (Wildman–Crippen MR) is 59.1 cm³/mol. The number of hydrogen-bond donors (Lipinski definition) is 0.